The first-order valence-electron chi connectivity index (χ1n) is 6.55. The zero-order valence-corrected chi connectivity index (χ0v) is 15.4. The number of nitrogens with zero attached hydrogens (tertiary/aromatic N) is 3. The third-order valence-corrected chi connectivity index (χ3v) is 1.82. The van der Waals surface area contributed by atoms with Crippen molar-refractivity contribution in [2.24, 2.45) is 0 Å². The van der Waals surface area contributed by atoms with Crippen molar-refractivity contribution >= 4 is 0 Å². The average Bonchev–Trinajstić information content (AvgIpc) is 2.90. The summed E-state index contributed by atoms with van der Waals surface area (Å²) in [6, 6.07) is 0. The van der Waals surface area contributed by atoms with E-state index in [9.17, 15) is 0 Å². The van der Waals surface area contributed by atoms with Gasteiger partial charge in [0.25, 0.3) is 0 Å². The van der Waals surface area contributed by atoms with Crippen LogP contribution < -0.4 is 0 Å². The molecule has 0 spiro atoms. The quantitative estimate of drug-likeness (QED) is 0.534. The van der Waals surface area contributed by atoms with E-state index < -0.39 is 0 Å². The van der Waals surface area contributed by atoms with E-state index in [1.807, 2.05) is 20.8 Å². The molecule has 0 atom stereocenters. The first-order chi connectivity index (χ1) is 8.64. The first kappa shape index (κ1) is 27.4. The molecule has 0 N–H and O–H groups in total. The SMILES string of the molecule is CC1=[C-]CC=C1.CC[N-]C.CC[N-]C.CC[N-]C.[Ti+4]. The molecule has 19 heavy (non-hydrogen) atoms. The van der Waals surface area contributed by atoms with E-state index in [4.69, 9.17) is 0 Å². The van der Waals surface area contributed by atoms with E-state index in [-0.39, 0.29) is 21.7 Å². The molecular weight excluding hydrogens is 270 g/mol. The van der Waals surface area contributed by atoms with Crippen molar-refractivity contribution in [1.82, 2.24) is 0 Å². The van der Waals surface area contributed by atoms with Crippen LogP contribution in [0.4, 0.5) is 0 Å². The standard InChI is InChI=1S/C6H7.3C3H8N.Ti/c1-6-4-2-3-5-6;3*1-3-4-2;/h2,4H,3H2,1H3;3*3H2,1-2H3;/q4*-1;+4. The Kier molecular flexibility index (Phi) is 44.5. The number of hydrogen-bond acceptors (Lipinski definition) is 0. The Hall–Kier alpha value is 0.0743. The van der Waals surface area contributed by atoms with Gasteiger partial charge in [-0.2, -0.15) is 46.9 Å². The number of allylic oxidation sites excluding steroid dienone is 4. The van der Waals surface area contributed by atoms with Gasteiger partial charge in [0, 0.05) is 0 Å². The van der Waals surface area contributed by atoms with Crippen molar-refractivity contribution in [3.8, 4) is 0 Å². The smallest absolute Gasteiger partial charge is 0.665 e. The monoisotopic (exact) mass is 301 g/mol. The molecule has 0 radical (unpaired) electrons. The summed E-state index contributed by atoms with van der Waals surface area (Å²) in [5, 5.41) is 11.2. The fourth-order valence-corrected chi connectivity index (χ4v) is 0.515. The molecule has 0 saturated heterocycles. The Labute approximate surface area is 136 Å². The van der Waals surface area contributed by atoms with Crippen LogP contribution in [0.15, 0.2) is 17.7 Å². The van der Waals surface area contributed by atoms with Gasteiger partial charge in [0.05, 0.1) is 0 Å². The predicted octanol–water partition coefficient (Wildman–Crippen LogP) is 4.72. The third kappa shape index (κ3) is 46.0. The van der Waals surface area contributed by atoms with Crippen LogP contribution in [-0.4, -0.2) is 40.8 Å². The molecule has 0 aromatic rings. The van der Waals surface area contributed by atoms with Crippen LogP contribution in [0, 0.1) is 6.08 Å². The van der Waals surface area contributed by atoms with Crippen molar-refractivity contribution in [1.29, 1.82) is 0 Å². The van der Waals surface area contributed by atoms with Gasteiger partial charge in [-0.05, 0) is 0 Å². The average molecular weight is 301 g/mol. The second-order valence-electron chi connectivity index (χ2n) is 3.36. The Morgan fingerprint density at radius 3 is 1.32 bits per heavy atom. The third-order valence-electron chi connectivity index (χ3n) is 1.82. The van der Waals surface area contributed by atoms with E-state index in [1.165, 1.54) is 5.57 Å². The summed E-state index contributed by atoms with van der Waals surface area (Å²) in [6.07, 6.45) is 8.33. The van der Waals surface area contributed by atoms with Gasteiger partial charge in [0.1, 0.15) is 0 Å². The molecule has 110 valence electrons. The van der Waals surface area contributed by atoms with Crippen molar-refractivity contribution in [2.45, 2.75) is 34.1 Å². The van der Waals surface area contributed by atoms with Gasteiger partial charge in [0.2, 0.25) is 0 Å². The van der Waals surface area contributed by atoms with Gasteiger partial charge >= 0.3 is 21.7 Å². The normalized spacial score (nSPS) is 10.6. The minimum atomic E-state index is 0. The van der Waals surface area contributed by atoms with Gasteiger partial charge in [-0.25, -0.2) is 11.6 Å². The molecule has 1 aliphatic carbocycles. The second-order valence-corrected chi connectivity index (χ2v) is 3.36. The molecule has 3 nitrogen and oxygen atoms in total. The van der Waals surface area contributed by atoms with Crippen LogP contribution in [0.3, 0.4) is 0 Å². The summed E-state index contributed by atoms with van der Waals surface area (Å²) in [6.45, 7) is 10.9. The van der Waals surface area contributed by atoms with Crippen LogP contribution in [0.25, 0.3) is 16.0 Å². The van der Waals surface area contributed by atoms with Gasteiger partial charge < -0.3 is 16.0 Å². The molecule has 0 saturated carbocycles. The second kappa shape index (κ2) is 30.8. The molecule has 0 amide bonds. The summed E-state index contributed by atoms with van der Waals surface area (Å²) < 4.78 is 0. The van der Waals surface area contributed by atoms with E-state index in [2.05, 4.69) is 41.1 Å². The Morgan fingerprint density at radius 1 is 0.947 bits per heavy atom. The summed E-state index contributed by atoms with van der Waals surface area (Å²) in [4.78, 5) is 0. The summed E-state index contributed by atoms with van der Waals surface area (Å²) in [5.74, 6) is 0. The maximum atomic E-state index is 3.74. The molecule has 0 fully saturated rings. The molecule has 1 rings (SSSR count). The minimum absolute atomic E-state index is 0. The topological polar surface area (TPSA) is 42.3 Å². The number of hydrogen-bond donors (Lipinski definition) is 0. The predicted molar refractivity (Wildman–Crippen MR) is 85.7 cm³/mol. The maximum absolute atomic E-state index is 3.74. The molecule has 0 aliphatic heterocycles. The van der Waals surface area contributed by atoms with Crippen LogP contribution in [-0.2, 0) is 21.7 Å². The molecule has 0 bridgehead atoms. The van der Waals surface area contributed by atoms with E-state index in [0.717, 1.165) is 26.1 Å². The van der Waals surface area contributed by atoms with E-state index in [1.54, 1.807) is 21.1 Å². The van der Waals surface area contributed by atoms with Gasteiger partial charge in [-0.3, -0.25) is 6.08 Å². The Morgan fingerprint density at radius 2 is 1.26 bits per heavy atom. The van der Waals surface area contributed by atoms with E-state index >= 15 is 0 Å². The van der Waals surface area contributed by atoms with E-state index in [0.29, 0.717) is 0 Å². The van der Waals surface area contributed by atoms with Crippen molar-refractivity contribution < 1.29 is 21.7 Å². The fourth-order valence-electron chi connectivity index (χ4n) is 0.515. The molecule has 1 aliphatic rings. The number of rotatable bonds is 3. The largest absolute Gasteiger partial charge is 4.00 e. The minimum Gasteiger partial charge on any atom is -0.665 e. The van der Waals surface area contributed by atoms with Crippen molar-refractivity contribution in [3.63, 3.8) is 0 Å². The Bertz CT molecular complexity index is 162. The van der Waals surface area contributed by atoms with Crippen molar-refractivity contribution in [3.05, 3.63) is 39.8 Å². The van der Waals surface area contributed by atoms with Crippen molar-refractivity contribution in [2.75, 3.05) is 40.8 Å². The zero-order chi connectivity index (χ0) is 14.6. The van der Waals surface area contributed by atoms with Gasteiger partial charge in [0.15, 0.2) is 0 Å². The summed E-state index contributed by atoms with van der Waals surface area (Å²) >= 11 is 0. The molecular formula is C15H31N3Ti. The van der Waals surface area contributed by atoms with Gasteiger partial charge in [-0.1, -0.05) is 27.7 Å². The van der Waals surface area contributed by atoms with Crippen LogP contribution in [0.1, 0.15) is 34.1 Å². The molecule has 0 unspecified atom stereocenters. The summed E-state index contributed by atoms with van der Waals surface area (Å²) in [7, 11) is 5.42. The molecule has 0 aromatic carbocycles. The molecule has 4 heteroatoms. The molecule has 0 aromatic heterocycles. The Balaban J connectivity index is -0.0000000796. The van der Waals surface area contributed by atoms with Crippen LogP contribution in [0.2, 0.25) is 0 Å². The zero-order valence-electron chi connectivity index (χ0n) is 13.8. The van der Waals surface area contributed by atoms with Crippen LogP contribution in [0.5, 0.6) is 0 Å². The summed E-state index contributed by atoms with van der Waals surface area (Å²) in [5.41, 5.74) is 1.27. The van der Waals surface area contributed by atoms with Crippen LogP contribution >= 0.6 is 0 Å². The fraction of sp³-hybridized carbons (Fsp3) is 0.733. The van der Waals surface area contributed by atoms with Gasteiger partial charge in [-0.15, -0.1) is 6.42 Å². The maximum Gasteiger partial charge on any atom is 4.00 e. The molecule has 0 heterocycles. The first-order valence-corrected chi connectivity index (χ1v) is 6.55.